The standard InChI is InChI=1S/C21H33N3O/c1-17-8-3-4-9-19(17)14-18(2)22-21(25)16-23-11-7-10-20(15-23)24-12-5-6-13-24/h3-4,8-9,18,20H,5-7,10-16H2,1-2H3,(H,22,25)/t18-,20-/m0/s1. The zero-order valence-corrected chi connectivity index (χ0v) is 15.8. The Bertz CT molecular complexity index is 568. The molecule has 2 aliphatic heterocycles. The third-order valence-electron chi connectivity index (χ3n) is 5.70. The van der Waals surface area contributed by atoms with E-state index in [9.17, 15) is 4.79 Å². The van der Waals surface area contributed by atoms with Gasteiger partial charge in [0, 0.05) is 18.6 Å². The Hall–Kier alpha value is -1.39. The third-order valence-corrected chi connectivity index (χ3v) is 5.70. The fourth-order valence-electron chi connectivity index (χ4n) is 4.32. The highest BCUT2D eigenvalue weighted by molar-refractivity contribution is 5.78. The summed E-state index contributed by atoms with van der Waals surface area (Å²) in [7, 11) is 0. The van der Waals surface area contributed by atoms with Crippen LogP contribution in [0.25, 0.3) is 0 Å². The first kappa shape index (κ1) is 18.4. The third kappa shape index (κ3) is 5.29. The van der Waals surface area contributed by atoms with Crippen molar-refractivity contribution in [3.8, 4) is 0 Å². The maximum atomic E-state index is 12.5. The van der Waals surface area contributed by atoms with E-state index in [4.69, 9.17) is 0 Å². The summed E-state index contributed by atoms with van der Waals surface area (Å²) >= 11 is 0. The van der Waals surface area contributed by atoms with E-state index in [1.54, 1.807) is 0 Å². The number of piperidine rings is 1. The van der Waals surface area contributed by atoms with Gasteiger partial charge in [0.25, 0.3) is 0 Å². The van der Waals surface area contributed by atoms with Gasteiger partial charge in [0.1, 0.15) is 0 Å². The minimum atomic E-state index is 0.170. The molecule has 3 rings (SSSR count). The van der Waals surface area contributed by atoms with Crippen LogP contribution in [0.4, 0.5) is 0 Å². The fourth-order valence-corrected chi connectivity index (χ4v) is 4.32. The summed E-state index contributed by atoms with van der Waals surface area (Å²) in [4.78, 5) is 17.4. The lowest BCUT2D eigenvalue weighted by molar-refractivity contribution is -0.123. The highest BCUT2D eigenvalue weighted by Gasteiger charge is 2.27. The van der Waals surface area contributed by atoms with Gasteiger partial charge >= 0.3 is 0 Å². The topological polar surface area (TPSA) is 35.6 Å². The molecule has 0 radical (unpaired) electrons. The van der Waals surface area contributed by atoms with Crippen molar-refractivity contribution in [2.45, 2.75) is 58.0 Å². The van der Waals surface area contributed by atoms with Crippen LogP contribution in [0.15, 0.2) is 24.3 Å². The first-order valence-electron chi connectivity index (χ1n) is 9.92. The molecule has 1 N–H and O–H groups in total. The number of nitrogens with one attached hydrogen (secondary N) is 1. The number of carbonyl (C=O) groups is 1. The molecule has 0 aliphatic carbocycles. The molecule has 1 amide bonds. The number of hydrogen-bond donors (Lipinski definition) is 1. The molecule has 2 atom stereocenters. The Kier molecular flexibility index (Phi) is 6.49. The van der Waals surface area contributed by atoms with Crippen molar-refractivity contribution in [3.05, 3.63) is 35.4 Å². The molecular weight excluding hydrogens is 310 g/mol. The average Bonchev–Trinajstić information content (AvgIpc) is 3.11. The monoisotopic (exact) mass is 343 g/mol. The van der Waals surface area contributed by atoms with Crippen LogP contribution in [0.2, 0.25) is 0 Å². The van der Waals surface area contributed by atoms with Crippen LogP contribution in [0.5, 0.6) is 0 Å². The van der Waals surface area contributed by atoms with Gasteiger partial charge in [0.2, 0.25) is 5.91 Å². The zero-order valence-electron chi connectivity index (χ0n) is 15.8. The maximum Gasteiger partial charge on any atom is 0.234 e. The number of hydrogen-bond acceptors (Lipinski definition) is 3. The van der Waals surface area contributed by atoms with Crippen LogP contribution in [0.3, 0.4) is 0 Å². The molecule has 0 spiro atoms. The number of rotatable bonds is 6. The summed E-state index contributed by atoms with van der Waals surface area (Å²) in [5.41, 5.74) is 2.62. The second-order valence-corrected chi connectivity index (χ2v) is 7.87. The molecular formula is C21H33N3O. The van der Waals surface area contributed by atoms with Crippen molar-refractivity contribution in [3.63, 3.8) is 0 Å². The lowest BCUT2D eigenvalue weighted by Gasteiger charge is -2.37. The second-order valence-electron chi connectivity index (χ2n) is 7.87. The summed E-state index contributed by atoms with van der Waals surface area (Å²) in [5, 5.41) is 3.19. The molecule has 2 heterocycles. The molecule has 1 aromatic carbocycles. The molecule has 2 saturated heterocycles. The van der Waals surface area contributed by atoms with E-state index in [2.05, 4.69) is 53.2 Å². The second kappa shape index (κ2) is 8.81. The van der Waals surface area contributed by atoms with Gasteiger partial charge in [0.05, 0.1) is 6.54 Å². The number of amides is 1. The number of benzene rings is 1. The molecule has 1 aromatic rings. The van der Waals surface area contributed by atoms with Crippen molar-refractivity contribution in [2.75, 3.05) is 32.7 Å². The molecule has 0 aromatic heterocycles. The van der Waals surface area contributed by atoms with Crippen LogP contribution in [-0.2, 0) is 11.2 Å². The van der Waals surface area contributed by atoms with E-state index >= 15 is 0 Å². The fraction of sp³-hybridized carbons (Fsp3) is 0.667. The maximum absolute atomic E-state index is 12.5. The van der Waals surface area contributed by atoms with Gasteiger partial charge in [-0.15, -0.1) is 0 Å². The molecule has 2 aliphatic rings. The number of aryl methyl sites for hydroxylation is 1. The van der Waals surface area contributed by atoms with Gasteiger partial charge in [0.15, 0.2) is 0 Å². The van der Waals surface area contributed by atoms with Crippen LogP contribution in [0, 0.1) is 6.92 Å². The highest BCUT2D eigenvalue weighted by atomic mass is 16.2. The van der Waals surface area contributed by atoms with Crippen molar-refractivity contribution in [1.82, 2.24) is 15.1 Å². The summed E-state index contributed by atoms with van der Waals surface area (Å²) in [6, 6.07) is 9.26. The summed E-state index contributed by atoms with van der Waals surface area (Å²) in [6.07, 6.45) is 6.09. The number of likely N-dealkylation sites (tertiary alicyclic amines) is 2. The van der Waals surface area contributed by atoms with Crippen molar-refractivity contribution in [2.24, 2.45) is 0 Å². The summed E-state index contributed by atoms with van der Waals surface area (Å²) in [6.45, 7) is 9.39. The van der Waals surface area contributed by atoms with Crippen LogP contribution >= 0.6 is 0 Å². The van der Waals surface area contributed by atoms with Gasteiger partial charge in [-0.25, -0.2) is 0 Å². The van der Waals surface area contributed by atoms with E-state index in [0.29, 0.717) is 12.6 Å². The Morgan fingerprint density at radius 1 is 1.20 bits per heavy atom. The quantitative estimate of drug-likeness (QED) is 0.862. The van der Waals surface area contributed by atoms with Gasteiger partial charge in [-0.05, 0) is 76.7 Å². The minimum absolute atomic E-state index is 0.170. The Morgan fingerprint density at radius 2 is 1.96 bits per heavy atom. The average molecular weight is 344 g/mol. The van der Waals surface area contributed by atoms with Gasteiger partial charge in [-0.1, -0.05) is 24.3 Å². The van der Waals surface area contributed by atoms with Gasteiger partial charge < -0.3 is 5.32 Å². The lowest BCUT2D eigenvalue weighted by atomic mass is 10.0. The molecule has 0 bridgehead atoms. The molecule has 25 heavy (non-hydrogen) atoms. The number of nitrogens with zero attached hydrogens (tertiary/aromatic N) is 2. The normalized spacial score (nSPS) is 23.5. The predicted octanol–water partition coefficient (Wildman–Crippen LogP) is 2.60. The van der Waals surface area contributed by atoms with Crippen LogP contribution in [0.1, 0.15) is 43.7 Å². The predicted molar refractivity (Wildman–Crippen MR) is 103 cm³/mol. The summed E-state index contributed by atoms with van der Waals surface area (Å²) < 4.78 is 0. The minimum Gasteiger partial charge on any atom is -0.352 e. The summed E-state index contributed by atoms with van der Waals surface area (Å²) in [5.74, 6) is 0.170. The van der Waals surface area contributed by atoms with E-state index in [0.717, 1.165) is 19.5 Å². The molecule has 0 saturated carbocycles. The highest BCUT2D eigenvalue weighted by Crippen LogP contribution is 2.20. The van der Waals surface area contributed by atoms with E-state index < -0.39 is 0 Å². The SMILES string of the molecule is Cc1ccccc1C[C@H](C)NC(=O)CN1CCC[C@H](N2CCCC2)C1. The van der Waals surface area contributed by atoms with Crippen molar-refractivity contribution >= 4 is 5.91 Å². The van der Waals surface area contributed by atoms with E-state index in [1.807, 2.05) is 0 Å². The molecule has 2 fully saturated rings. The first-order chi connectivity index (χ1) is 12.1. The largest absolute Gasteiger partial charge is 0.352 e. The van der Waals surface area contributed by atoms with Crippen LogP contribution in [-0.4, -0.2) is 60.5 Å². The van der Waals surface area contributed by atoms with E-state index in [1.165, 1.54) is 49.9 Å². The Morgan fingerprint density at radius 3 is 2.72 bits per heavy atom. The van der Waals surface area contributed by atoms with Gasteiger partial charge in [-0.2, -0.15) is 0 Å². The molecule has 4 nitrogen and oxygen atoms in total. The molecule has 4 heteroatoms. The van der Waals surface area contributed by atoms with Crippen molar-refractivity contribution < 1.29 is 4.79 Å². The first-order valence-corrected chi connectivity index (χ1v) is 9.92. The lowest BCUT2D eigenvalue weighted by Crippen LogP contribution is -2.50. The van der Waals surface area contributed by atoms with E-state index in [-0.39, 0.29) is 11.9 Å². The molecule has 138 valence electrons. The Labute approximate surface area is 152 Å². The van der Waals surface area contributed by atoms with Gasteiger partial charge in [-0.3, -0.25) is 14.6 Å². The smallest absolute Gasteiger partial charge is 0.234 e. The molecule has 0 unspecified atom stereocenters. The Balaban J connectivity index is 1.44. The zero-order chi connectivity index (χ0) is 17.6. The number of carbonyl (C=O) groups excluding carboxylic acids is 1. The van der Waals surface area contributed by atoms with Crippen molar-refractivity contribution in [1.29, 1.82) is 0 Å². The van der Waals surface area contributed by atoms with Crippen LogP contribution < -0.4 is 5.32 Å².